The standard InChI is InChI=1S/C16H25N5O7S/c1-10(22)19-6-4-11(5-7-19)8-14(23)18-15(17)13-3-2-12-9-20(13)16(24)21(12)28-29(25,26)27/h11-13H,2-9H2,1H3,(H2,17,18,23)(H,25,26,27)/t12-,13+/m1/s1. The molecule has 0 spiro atoms. The molecule has 3 heterocycles. The van der Waals surface area contributed by atoms with Crippen LogP contribution in [0.25, 0.3) is 0 Å². The molecule has 3 rings (SSSR count). The summed E-state index contributed by atoms with van der Waals surface area (Å²) in [5, 5.41) is 11.3. The summed E-state index contributed by atoms with van der Waals surface area (Å²) < 4.78 is 35.0. The Morgan fingerprint density at radius 2 is 1.90 bits per heavy atom. The number of nitrogens with one attached hydrogen (secondary N) is 2. The Balaban J connectivity index is 1.52. The Kier molecular flexibility index (Phi) is 6.10. The summed E-state index contributed by atoms with van der Waals surface area (Å²) >= 11 is 0. The van der Waals surface area contributed by atoms with E-state index in [2.05, 4.69) is 9.60 Å². The Morgan fingerprint density at radius 3 is 2.48 bits per heavy atom. The molecule has 29 heavy (non-hydrogen) atoms. The number of piperidine rings is 2. The minimum atomic E-state index is -4.83. The van der Waals surface area contributed by atoms with Crippen LogP contribution < -0.4 is 5.32 Å². The minimum absolute atomic E-state index is 0.0209. The van der Waals surface area contributed by atoms with Crippen molar-refractivity contribution in [1.82, 2.24) is 20.2 Å². The van der Waals surface area contributed by atoms with Crippen molar-refractivity contribution < 1.29 is 31.6 Å². The predicted octanol–water partition coefficient (Wildman–Crippen LogP) is -0.269. The van der Waals surface area contributed by atoms with Gasteiger partial charge in [0, 0.05) is 33.0 Å². The maximum Gasteiger partial charge on any atom is 0.418 e. The molecule has 13 heteroatoms. The molecule has 0 unspecified atom stereocenters. The van der Waals surface area contributed by atoms with Gasteiger partial charge in [-0.2, -0.15) is 13.5 Å². The summed E-state index contributed by atoms with van der Waals surface area (Å²) in [5.74, 6) is -0.304. The summed E-state index contributed by atoms with van der Waals surface area (Å²) in [5.41, 5.74) is 0. The molecule has 4 amide bonds. The molecular weight excluding hydrogens is 406 g/mol. The monoisotopic (exact) mass is 431 g/mol. The van der Waals surface area contributed by atoms with Crippen LogP contribution in [0.15, 0.2) is 0 Å². The Labute approximate surface area is 168 Å². The van der Waals surface area contributed by atoms with Crippen molar-refractivity contribution in [3.05, 3.63) is 0 Å². The summed E-state index contributed by atoms with van der Waals surface area (Å²) in [6.07, 6.45) is 2.40. The van der Waals surface area contributed by atoms with Crippen molar-refractivity contribution in [1.29, 1.82) is 5.41 Å². The van der Waals surface area contributed by atoms with E-state index >= 15 is 0 Å². The maximum absolute atomic E-state index is 12.4. The van der Waals surface area contributed by atoms with Crippen molar-refractivity contribution in [2.45, 2.75) is 51.1 Å². The van der Waals surface area contributed by atoms with Crippen LogP contribution in [0, 0.1) is 11.3 Å². The molecule has 0 aromatic heterocycles. The third kappa shape index (κ3) is 5.03. The number of hydroxylamine groups is 2. The van der Waals surface area contributed by atoms with Crippen LogP contribution in [0.5, 0.6) is 0 Å². The zero-order valence-electron chi connectivity index (χ0n) is 16.0. The first-order valence-corrected chi connectivity index (χ1v) is 10.8. The number of fused-ring (bicyclic) bond motifs is 2. The van der Waals surface area contributed by atoms with Crippen molar-refractivity contribution in [3.8, 4) is 0 Å². The van der Waals surface area contributed by atoms with E-state index in [1.165, 1.54) is 11.8 Å². The third-order valence-corrected chi connectivity index (χ3v) is 5.99. The first-order chi connectivity index (χ1) is 13.5. The average molecular weight is 431 g/mol. The number of hydrogen-bond donors (Lipinski definition) is 3. The fraction of sp³-hybridized carbons (Fsp3) is 0.750. The van der Waals surface area contributed by atoms with Crippen LogP contribution in [0.2, 0.25) is 0 Å². The molecule has 0 aromatic carbocycles. The molecule has 0 saturated carbocycles. The topological polar surface area (TPSA) is 160 Å². The third-order valence-electron chi connectivity index (χ3n) is 5.64. The second-order valence-electron chi connectivity index (χ2n) is 7.63. The molecule has 3 N–H and O–H groups in total. The second-order valence-corrected chi connectivity index (χ2v) is 8.63. The fourth-order valence-corrected chi connectivity index (χ4v) is 4.52. The Morgan fingerprint density at radius 1 is 1.24 bits per heavy atom. The number of hydrogen-bond acceptors (Lipinski definition) is 7. The van der Waals surface area contributed by atoms with Crippen LogP contribution >= 0.6 is 0 Å². The Hall–Kier alpha value is -2.25. The number of urea groups is 1. The van der Waals surface area contributed by atoms with E-state index in [4.69, 9.17) is 9.96 Å². The molecule has 3 fully saturated rings. The van der Waals surface area contributed by atoms with Gasteiger partial charge in [0.15, 0.2) is 0 Å². The number of amidine groups is 1. The second kappa shape index (κ2) is 8.24. The van der Waals surface area contributed by atoms with Crippen LogP contribution in [-0.4, -0.2) is 83.2 Å². The molecule has 12 nitrogen and oxygen atoms in total. The van der Waals surface area contributed by atoms with E-state index in [0.717, 1.165) is 12.8 Å². The van der Waals surface area contributed by atoms with Crippen molar-refractivity contribution in [3.63, 3.8) is 0 Å². The van der Waals surface area contributed by atoms with Crippen LogP contribution in [-0.2, 0) is 24.3 Å². The SMILES string of the molecule is CC(=O)N1CCC(CC(=O)NC(=N)[C@@H]2CC[C@@H]3CN2C(=O)N3OS(=O)(=O)O)CC1. The highest BCUT2D eigenvalue weighted by molar-refractivity contribution is 7.80. The van der Waals surface area contributed by atoms with Gasteiger partial charge in [0.25, 0.3) is 0 Å². The lowest BCUT2D eigenvalue weighted by Crippen LogP contribution is -2.51. The number of carbonyl (C=O) groups is 3. The van der Waals surface area contributed by atoms with Gasteiger partial charge in [-0.05, 0) is 31.6 Å². The van der Waals surface area contributed by atoms with Gasteiger partial charge < -0.3 is 15.1 Å². The van der Waals surface area contributed by atoms with Crippen molar-refractivity contribution >= 4 is 34.1 Å². The van der Waals surface area contributed by atoms with Crippen molar-refractivity contribution in [2.24, 2.45) is 5.92 Å². The van der Waals surface area contributed by atoms with Crippen LogP contribution in [0.3, 0.4) is 0 Å². The largest absolute Gasteiger partial charge is 0.418 e. The summed E-state index contributed by atoms with van der Waals surface area (Å²) in [6, 6.07) is -2.02. The van der Waals surface area contributed by atoms with Gasteiger partial charge in [0.1, 0.15) is 5.84 Å². The highest BCUT2D eigenvalue weighted by atomic mass is 32.3. The number of likely N-dealkylation sites (tertiary alicyclic amines) is 1. The molecule has 0 radical (unpaired) electrons. The van der Waals surface area contributed by atoms with E-state index < -0.39 is 28.5 Å². The van der Waals surface area contributed by atoms with Crippen molar-refractivity contribution in [2.75, 3.05) is 19.6 Å². The van der Waals surface area contributed by atoms with E-state index in [0.29, 0.717) is 31.0 Å². The predicted molar refractivity (Wildman–Crippen MR) is 98.8 cm³/mol. The van der Waals surface area contributed by atoms with E-state index in [-0.39, 0.29) is 36.5 Å². The quantitative estimate of drug-likeness (QED) is 0.307. The average Bonchev–Trinajstić information content (AvgIpc) is 2.85. The van der Waals surface area contributed by atoms with Gasteiger partial charge in [0.05, 0.1) is 12.1 Å². The normalized spacial score (nSPS) is 25.3. The Bertz CT molecular complexity index is 808. The van der Waals surface area contributed by atoms with Gasteiger partial charge in [-0.15, -0.1) is 4.28 Å². The number of rotatable bonds is 5. The zero-order valence-corrected chi connectivity index (χ0v) is 16.9. The highest BCUT2D eigenvalue weighted by Gasteiger charge is 2.48. The van der Waals surface area contributed by atoms with E-state index in [1.807, 2.05) is 0 Å². The van der Waals surface area contributed by atoms with Gasteiger partial charge in [-0.3, -0.25) is 19.6 Å². The van der Waals surface area contributed by atoms with Gasteiger partial charge in [-0.1, -0.05) is 0 Å². The van der Waals surface area contributed by atoms with Gasteiger partial charge in [0.2, 0.25) is 11.8 Å². The number of carbonyl (C=O) groups excluding carboxylic acids is 3. The lowest BCUT2D eigenvalue weighted by molar-refractivity contribution is -0.130. The molecule has 0 aromatic rings. The summed E-state index contributed by atoms with van der Waals surface area (Å²) in [4.78, 5) is 39.1. The molecule has 3 aliphatic heterocycles. The lowest BCUT2D eigenvalue weighted by Gasteiger charge is -2.32. The summed E-state index contributed by atoms with van der Waals surface area (Å²) in [7, 11) is -4.83. The molecule has 2 atom stereocenters. The van der Waals surface area contributed by atoms with E-state index in [9.17, 15) is 22.8 Å². The maximum atomic E-state index is 12.4. The molecule has 162 valence electrons. The fourth-order valence-electron chi connectivity index (χ4n) is 4.13. The van der Waals surface area contributed by atoms with Gasteiger partial charge >= 0.3 is 16.4 Å². The molecule has 0 aliphatic carbocycles. The number of amides is 4. The van der Waals surface area contributed by atoms with E-state index in [1.54, 1.807) is 4.90 Å². The van der Waals surface area contributed by atoms with Crippen LogP contribution in [0.1, 0.15) is 39.0 Å². The zero-order chi connectivity index (χ0) is 21.3. The molecule has 2 bridgehead atoms. The first-order valence-electron chi connectivity index (χ1n) is 9.46. The smallest absolute Gasteiger partial charge is 0.343 e. The molecule has 3 aliphatic rings. The lowest BCUT2D eigenvalue weighted by atomic mass is 9.93. The highest BCUT2D eigenvalue weighted by Crippen LogP contribution is 2.31. The molecule has 3 saturated heterocycles. The molecular formula is C16H25N5O7S. The number of nitrogens with zero attached hydrogens (tertiary/aromatic N) is 3. The van der Waals surface area contributed by atoms with Crippen LogP contribution in [0.4, 0.5) is 4.79 Å². The van der Waals surface area contributed by atoms with Gasteiger partial charge in [-0.25, -0.2) is 4.79 Å². The first kappa shape index (κ1) is 21.5. The summed E-state index contributed by atoms with van der Waals surface area (Å²) in [6.45, 7) is 2.88. The minimum Gasteiger partial charge on any atom is -0.343 e.